The van der Waals surface area contributed by atoms with Crippen molar-refractivity contribution in [3.8, 4) is 0 Å². The number of ether oxygens (including phenoxy) is 1. The smallest absolute Gasteiger partial charge is 0.382 e. The number of benzene rings is 1. The van der Waals surface area contributed by atoms with E-state index in [1.165, 1.54) is 19.1 Å². The molecule has 0 fully saturated rings. The van der Waals surface area contributed by atoms with Gasteiger partial charge in [-0.3, -0.25) is 0 Å². The Hall–Kier alpha value is -2.75. The Morgan fingerprint density at radius 2 is 2.07 bits per heavy atom. The SMILES string of the molecule is CCOC(=O)C(F)(F)c1cccc([C@@H](C)Nc2nc(C)nc3cnc(Br)cc23)c1F. The topological polar surface area (TPSA) is 77.0 Å². The molecule has 0 unspecified atom stereocenters. The molecule has 0 bridgehead atoms. The fraction of sp³-hybridized carbons (Fsp3) is 0.300. The predicted molar refractivity (Wildman–Crippen MR) is 109 cm³/mol. The minimum atomic E-state index is -4.11. The van der Waals surface area contributed by atoms with Crippen LogP contribution < -0.4 is 5.32 Å². The number of fused-ring (bicyclic) bond motifs is 1. The van der Waals surface area contributed by atoms with Crippen LogP contribution in [-0.4, -0.2) is 27.5 Å². The van der Waals surface area contributed by atoms with Crippen LogP contribution in [0.25, 0.3) is 10.9 Å². The zero-order chi connectivity index (χ0) is 22.1. The molecule has 0 spiro atoms. The van der Waals surface area contributed by atoms with E-state index in [1.807, 2.05) is 0 Å². The van der Waals surface area contributed by atoms with E-state index >= 15 is 4.39 Å². The Kier molecular flexibility index (Phi) is 6.25. The number of rotatable bonds is 6. The Labute approximate surface area is 179 Å². The molecule has 2 heterocycles. The first-order valence-corrected chi connectivity index (χ1v) is 9.84. The standard InChI is InChI=1S/C20H18BrF3N4O2/c1-4-30-19(29)20(23,24)14-7-5-6-12(17(14)22)10(2)26-18-13-8-16(21)25-9-15(13)27-11(3)28-18/h5-10H,4H2,1-3H3,(H,26,27,28)/t10-/m1/s1. The van der Waals surface area contributed by atoms with E-state index in [0.29, 0.717) is 27.1 Å². The number of anilines is 1. The van der Waals surface area contributed by atoms with E-state index in [0.717, 1.165) is 6.07 Å². The average Bonchev–Trinajstić information content (AvgIpc) is 2.68. The number of esters is 1. The molecule has 1 atom stereocenters. The largest absolute Gasteiger partial charge is 0.461 e. The summed E-state index contributed by atoms with van der Waals surface area (Å²) >= 11 is 3.28. The number of hydrogen-bond donors (Lipinski definition) is 1. The molecule has 0 aliphatic carbocycles. The maximum Gasteiger partial charge on any atom is 0.382 e. The first-order valence-electron chi connectivity index (χ1n) is 9.05. The maximum absolute atomic E-state index is 15.0. The molecule has 3 aromatic rings. The van der Waals surface area contributed by atoms with Crippen molar-refractivity contribution in [3.63, 3.8) is 0 Å². The van der Waals surface area contributed by atoms with Crippen molar-refractivity contribution < 1.29 is 22.7 Å². The van der Waals surface area contributed by atoms with Crippen LogP contribution in [0, 0.1) is 12.7 Å². The van der Waals surface area contributed by atoms with E-state index in [9.17, 15) is 13.6 Å². The van der Waals surface area contributed by atoms with Gasteiger partial charge in [0.2, 0.25) is 0 Å². The molecule has 3 rings (SSSR count). The maximum atomic E-state index is 15.0. The summed E-state index contributed by atoms with van der Waals surface area (Å²) < 4.78 is 48.8. The van der Waals surface area contributed by atoms with Gasteiger partial charge in [-0.25, -0.2) is 24.1 Å². The average molecular weight is 483 g/mol. The van der Waals surface area contributed by atoms with Crippen LogP contribution in [0.3, 0.4) is 0 Å². The Morgan fingerprint density at radius 1 is 1.33 bits per heavy atom. The molecule has 158 valence electrons. The van der Waals surface area contributed by atoms with Crippen molar-refractivity contribution in [2.45, 2.75) is 32.7 Å². The Morgan fingerprint density at radius 3 is 2.77 bits per heavy atom. The van der Waals surface area contributed by atoms with Gasteiger partial charge in [0.15, 0.2) is 0 Å². The van der Waals surface area contributed by atoms with Crippen LogP contribution in [0.5, 0.6) is 0 Å². The van der Waals surface area contributed by atoms with Crippen molar-refractivity contribution in [3.05, 3.63) is 57.8 Å². The first-order chi connectivity index (χ1) is 14.1. The van der Waals surface area contributed by atoms with E-state index in [1.54, 1.807) is 26.1 Å². The number of pyridine rings is 1. The summed E-state index contributed by atoms with van der Waals surface area (Å²) in [6.45, 7) is 4.45. The minimum Gasteiger partial charge on any atom is -0.461 e. The van der Waals surface area contributed by atoms with E-state index in [-0.39, 0.29) is 12.2 Å². The van der Waals surface area contributed by atoms with Gasteiger partial charge in [0.05, 0.1) is 29.9 Å². The number of nitrogens with zero attached hydrogens (tertiary/aromatic N) is 3. The van der Waals surface area contributed by atoms with Crippen LogP contribution >= 0.6 is 15.9 Å². The van der Waals surface area contributed by atoms with Gasteiger partial charge < -0.3 is 10.1 Å². The lowest BCUT2D eigenvalue weighted by Gasteiger charge is -2.21. The molecule has 0 saturated carbocycles. The lowest BCUT2D eigenvalue weighted by atomic mass is 10.00. The van der Waals surface area contributed by atoms with E-state index in [2.05, 4.69) is 40.9 Å². The number of nitrogens with one attached hydrogen (secondary N) is 1. The summed E-state index contributed by atoms with van der Waals surface area (Å²) in [6.07, 6.45) is 1.56. The summed E-state index contributed by atoms with van der Waals surface area (Å²) in [4.78, 5) is 24.4. The lowest BCUT2D eigenvalue weighted by Crippen LogP contribution is -2.30. The van der Waals surface area contributed by atoms with Gasteiger partial charge in [-0.1, -0.05) is 12.1 Å². The quantitative estimate of drug-likeness (QED) is 0.390. The Balaban J connectivity index is 1.99. The van der Waals surface area contributed by atoms with Crippen LogP contribution in [0.15, 0.2) is 35.1 Å². The molecular formula is C20H18BrF3N4O2. The number of hydrogen-bond acceptors (Lipinski definition) is 6. The molecule has 1 N–H and O–H groups in total. The molecule has 0 aliphatic rings. The normalized spacial score (nSPS) is 12.6. The van der Waals surface area contributed by atoms with Gasteiger partial charge in [-0.05, 0) is 48.8 Å². The van der Waals surface area contributed by atoms with Crippen LogP contribution in [-0.2, 0) is 15.5 Å². The Bertz CT molecular complexity index is 1110. The van der Waals surface area contributed by atoms with Gasteiger partial charge in [0.25, 0.3) is 0 Å². The summed E-state index contributed by atoms with van der Waals surface area (Å²) in [6, 6.07) is 4.46. The third-order valence-electron chi connectivity index (χ3n) is 4.38. The monoisotopic (exact) mass is 482 g/mol. The summed E-state index contributed by atoms with van der Waals surface area (Å²) in [5.74, 6) is -6.23. The lowest BCUT2D eigenvalue weighted by molar-refractivity contribution is -0.173. The molecule has 1 aromatic carbocycles. The van der Waals surface area contributed by atoms with Crippen molar-refractivity contribution in [2.24, 2.45) is 0 Å². The highest BCUT2D eigenvalue weighted by atomic mass is 79.9. The molecule has 30 heavy (non-hydrogen) atoms. The van der Waals surface area contributed by atoms with Gasteiger partial charge >= 0.3 is 11.9 Å². The highest BCUT2D eigenvalue weighted by Crippen LogP contribution is 2.35. The molecule has 0 radical (unpaired) electrons. The first kappa shape index (κ1) is 21.9. The fourth-order valence-electron chi connectivity index (χ4n) is 2.97. The molecule has 0 amide bonds. The third-order valence-corrected chi connectivity index (χ3v) is 4.81. The highest BCUT2D eigenvalue weighted by molar-refractivity contribution is 9.10. The second-order valence-corrected chi connectivity index (χ2v) is 7.33. The van der Waals surface area contributed by atoms with Gasteiger partial charge in [-0.15, -0.1) is 0 Å². The van der Waals surface area contributed by atoms with Gasteiger partial charge in [-0.2, -0.15) is 8.78 Å². The van der Waals surface area contributed by atoms with Crippen molar-refractivity contribution in [2.75, 3.05) is 11.9 Å². The number of carbonyl (C=O) groups is 1. The number of carbonyl (C=O) groups excluding carboxylic acids is 1. The van der Waals surface area contributed by atoms with E-state index < -0.39 is 29.3 Å². The van der Waals surface area contributed by atoms with E-state index in [4.69, 9.17) is 0 Å². The zero-order valence-corrected chi connectivity index (χ0v) is 17.9. The number of aromatic nitrogens is 3. The predicted octanol–water partition coefficient (Wildman–Crippen LogP) is 5.06. The summed E-state index contributed by atoms with van der Waals surface area (Å²) in [5, 5.41) is 3.67. The van der Waals surface area contributed by atoms with Crippen LogP contribution in [0.4, 0.5) is 19.0 Å². The van der Waals surface area contributed by atoms with Crippen LogP contribution in [0.2, 0.25) is 0 Å². The summed E-state index contributed by atoms with van der Waals surface area (Å²) in [5.41, 5.74) is -0.514. The van der Waals surface area contributed by atoms with Gasteiger partial charge in [0, 0.05) is 10.9 Å². The number of alkyl halides is 2. The number of aryl methyl sites for hydroxylation is 1. The highest BCUT2D eigenvalue weighted by Gasteiger charge is 2.45. The molecular weight excluding hydrogens is 465 g/mol. The second-order valence-electron chi connectivity index (χ2n) is 6.51. The molecule has 6 nitrogen and oxygen atoms in total. The number of halogens is 4. The van der Waals surface area contributed by atoms with Crippen LogP contribution in [0.1, 0.15) is 36.8 Å². The summed E-state index contributed by atoms with van der Waals surface area (Å²) in [7, 11) is 0. The third kappa shape index (κ3) is 4.23. The molecule has 0 saturated heterocycles. The zero-order valence-electron chi connectivity index (χ0n) is 16.3. The fourth-order valence-corrected chi connectivity index (χ4v) is 3.31. The molecule has 10 heteroatoms. The van der Waals surface area contributed by atoms with Gasteiger partial charge in [0.1, 0.15) is 22.1 Å². The minimum absolute atomic E-state index is 0.0472. The van der Waals surface area contributed by atoms with Crippen molar-refractivity contribution in [1.82, 2.24) is 15.0 Å². The van der Waals surface area contributed by atoms with Crippen molar-refractivity contribution in [1.29, 1.82) is 0 Å². The molecule has 0 aliphatic heterocycles. The molecule has 2 aromatic heterocycles. The second kappa shape index (κ2) is 8.55. The van der Waals surface area contributed by atoms with Crippen molar-refractivity contribution >= 4 is 38.6 Å².